The Morgan fingerprint density at radius 1 is 1.13 bits per heavy atom. The first-order chi connectivity index (χ1) is 10.1. The Bertz CT molecular complexity index is 605. The summed E-state index contributed by atoms with van der Waals surface area (Å²) in [5, 5.41) is 6.54. The van der Waals surface area contributed by atoms with Crippen molar-refractivity contribution in [2.24, 2.45) is 4.99 Å². The van der Waals surface area contributed by atoms with Gasteiger partial charge >= 0.3 is 0 Å². The molecule has 0 aliphatic carbocycles. The monoisotopic (exact) mass is 453 g/mol. The number of benzene rings is 1. The summed E-state index contributed by atoms with van der Waals surface area (Å²) in [4.78, 5) is 4.55. The number of nitrogens with zero attached hydrogens (tertiary/aromatic N) is 1. The zero-order chi connectivity index (χ0) is 16.8. The topological polar surface area (TPSA) is 70.6 Å². The first-order valence-corrected chi connectivity index (χ1v) is 9.47. The van der Waals surface area contributed by atoms with Gasteiger partial charge in [-0.2, -0.15) is 0 Å². The van der Waals surface area contributed by atoms with Gasteiger partial charge in [0.1, 0.15) is 0 Å². The zero-order valence-corrected chi connectivity index (χ0v) is 17.7. The van der Waals surface area contributed by atoms with Gasteiger partial charge in [-0.3, -0.25) is 0 Å². The summed E-state index contributed by atoms with van der Waals surface area (Å²) < 4.78 is 22.5. The van der Waals surface area contributed by atoms with Crippen molar-refractivity contribution in [1.82, 2.24) is 10.6 Å². The van der Waals surface area contributed by atoms with Crippen LogP contribution in [0.4, 0.5) is 0 Å². The highest BCUT2D eigenvalue weighted by atomic mass is 127. The highest BCUT2D eigenvalue weighted by Crippen LogP contribution is 2.09. The van der Waals surface area contributed by atoms with E-state index in [2.05, 4.69) is 36.4 Å². The maximum absolute atomic E-state index is 11.3. The van der Waals surface area contributed by atoms with E-state index in [0.717, 1.165) is 23.6 Å². The summed E-state index contributed by atoms with van der Waals surface area (Å²) in [7, 11) is -2.99. The largest absolute Gasteiger partial charge is 0.357 e. The summed E-state index contributed by atoms with van der Waals surface area (Å²) in [6.07, 6.45) is 1.24. The third-order valence-electron chi connectivity index (χ3n) is 2.71. The van der Waals surface area contributed by atoms with E-state index in [1.165, 1.54) is 6.26 Å². The number of halogens is 1. The molecule has 7 heteroatoms. The Balaban J connectivity index is 0.00000484. The van der Waals surface area contributed by atoms with Gasteiger partial charge in [0.15, 0.2) is 15.8 Å². The van der Waals surface area contributed by atoms with Crippen LogP contribution in [0.1, 0.15) is 38.8 Å². The van der Waals surface area contributed by atoms with Gasteiger partial charge in [0.05, 0.1) is 12.3 Å². The molecule has 23 heavy (non-hydrogen) atoms. The van der Waals surface area contributed by atoms with Crippen LogP contribution in [0.15, 0.2) is 29.3 Å². The van der Waals surface area contributed by atoms with Crippen molar-refractivity contribution in [2.45, 2.75) is 45.5 Å². The summed E-state index contributed by atoms with van der Waals surface area (Å²) in [6, 6.07) is 7.53. The number of sulfone groups is 1. The summed E-state index contributed by atoms with van der Waals surface area (Å²) in [5.41, 5.74) is 1.79. The van der Waals surface area contributed by atoms with E-state index >= 15 is 0 Å². The molecule has 5 nitrogen and oxygen atoms in total. The van der Waals surface area contributed by atoms with Crippen LogP contribution in [0, 0.1) is 0 Å². The lowest BCUT2D eigenvalue weighted by Crippen LogP contribution is -2.47. The molecule has 0 saturated carbocycles. The molecule has 0 aliphatic heterocycles. The second kappa shape index (κ2) is 9.46. The molecule has 0 saturated heterocycles. The van der Waals surface area contributed by atoms with Crippen molar-refractivity contribution >= 4 is 39.8 Å². The van der Waals surface area contributed by atoms with Crippen molar-refractivity contribution in [3.05, 3.63) is 35.4 Å². The van der Waals surface area contributed by atoms with Crippen molar-refractivity contribution in [3.8, 4) is 0 Å². The molecule has 1 aromatic rings. The molecule has 0 radical (unpaired) electrons. The Morgan fingerprint density at radius 3 is 2.09 bits per heavy atom. The van der Waals surface area contributed by atoms with E-state index in [4.69, 9.17) is 0 Å². The number of guanidine groups is 1. The Morgan fingerprint density at radius 2 is 1.65 bits per heavy atom. The van der Waals surface area contributed by atoms with Crippen LogP contribution in [0.5, 0.6) is 0 Å². The number of hydrogen-bond donors (Lipinski definition) is 2. The van der Waals surface area contributed by atoms with Crippen molar-refractivity contribution in [1.29, 1.82) is 0 Å². The predicted octanol–water partition coefficient (Wildman–Crippen LogP) is 2.70. The molecule has 132 valence electrons. The summed E-state index contributed by atoms with van der Waals surface area (Å²) in [5.74, 6) is 0.848. The molecule has 0 bridgehead atoms. The molecule has 0 fully saturated rings. The van der Waals surface area contributed by atoms with E-state index in [9.17, 15) is 8.42 Å². The van der Waals surface area contributed by atoms with Gasteiger partial charge in [0, 0.05) is 18.3 Å². The zero-order valence-electron chi connectivity index (χ0n) is 14.5. The van der Waals surface area contributed by atoms with Gasteiger partial charge < -0.3 is 10.6 Å². The fourth-order valence-electron chi connectivity index (χ4n) is 1.88. The van der Waals surface area contributed by atoms with E-state index in [1.54, 1.807) is 0 Å². The second-order valence-electron chi connectivity index (χ2n) is 6.46. The fraction of sp³-hybridized carbons (Fsp3) is 0.562. The summed E-state index contributed by atoms with van der Waals surface area (Å²) >= 11 is 0. The van der Waals surface area contributed by atoms with Crippen LogP contribution in [-0.2, 0) is 22.1 Å². The van der Waals surface area contributed by atoms with Crippen molar-refractivity contribution in [2.75, 3.05) is 12.8 Å². The summed E-state index contributed by atoms with van der Waals surface area (Å²) in [6.45, 7) is 9.62. The van der Waals surface area contributed by atoms with Gasteiger partial charge in [-0.05, 0) is 38.8 Å². The SMILES string of the molecule is CCNC(=NCc1ccc(CS(C)(=O)=O)cc1)NC(C)(C)C.I. The highest BCUT2D eigenvalue weighted by Gasteiger charge is 2.11. The Hall–Kier alpha value is -0.830. The van der Waals surface area contributed by atoms with Gasteiger partial charge in [-0.15, -0.1) is 24.0 Å². The van der Waals surface area contributed by atoms with E-state index in [-0.39, 0.29) is 35.3 Å². The maximum Gasteiger partial charge on any atom is 0.191 e. The average molecular weight is 453 g/mol. The molecule has 0 atom stereocenters. The number of nitrogens with one attached hydrogen (secondary N) is 2. The van der Waals surface area contributed by atoms with Crippen LogP contribution < -0.4 is 10.6 Å². The van der Waals surface area contributed by atoms with Crippen LogP contribution in [-0.4, -0.2) is 32.7 Å². The lowest BCUT2D eigenvalue weighted by Gasteiger charge is -2.23. The van der Waals surface area contributed by atoms with Crippen LogP contribution in [0.2, 0.25) is 0 Å². The van der Waals surface area contributed by atoms with Gasteiger partial charge in [-0.1, -0.05) is 24.3 Å². The van der Waals surface area contributed by atoms with Crippen LogP contribution in [0.3, 0.4) is 0 Å². The molecule has 0 aliphatic rings. The molecule has 1 aromatic carbocycles. The smallest absolute Gasteiger partial charge is 0.191 e. The van der Waals surface area contributed by atoms with Crippen molar-refractivity contribution in [3.63, 3.8) is 0 Å². The molecule has 0 heterocycles. The molecule has 0 amide bonds. The van der Waals surface area contributed by atoms with Crippen molar-refractivity contribution < 1.29 is 8.42 Å². The normalized spacial score (nSPS) is 12.5. The molecule has 2 N–H and O–H groups in total. The molecule has 0 unspecified atom stereocenters. The molecule has 0 spiro atoms. The highest BCUT2D eigenvalue weighted by molar-refractivity contribution is 14.0. The second-order valence-corrected chi connectivity index (χ2v) is 8.60. The van der Waals surface area contributed by atoms with Crippen LogP contribution >= 0.6 is 24.0 Å². The Kier molecular flexibility index (Phi) is 9.12. The molecular formula is C16H28IN3O2S. The average Bonchev–Trinajstić information content (AvgIpc) is 2.34. The molecule has 1 rings (SSSR count). The van der Waals surface area contributed by atoms with Crippen LogP contribution in [0.25, 0.3) is 0 Å². The Labute approximate surface area is 157 Å². The number of hydrogen-bond acceptors (Lipinski definition) is 3. The standard InChI is InChI=1S/C16H27N3O2S.HI/c1-6-17-15(19-16(2,3)4)18-11-13-7-9-14(10-8-13)12-22(5,20)21;/h7-10H,6,11-12H2,1-5H3,(H2,17,18,19);1H. The first-order valence-electron chi connectivity index (χ1n) is 7.41. The first kappa shape index (κ1) is 22.2. The minimum absolute atomic E-state index is 0. The quantitative estimate of drug-likeness (QED) is 0.409. The minimum Gasteiger partial charge on any atom is -0.357 e. The number of aliphatic imine (C=N–C) groups is 1. The predicted molar refractivity (Wildman–Crippen MR) is 108 cm³/mol. The molecule has 0 aromatic heterocycles. The number of rotatable bonds is 5. The lowest BCUT2D eigenvalue weighted by atomic mass is 10.1. The lowest BCUT2D eigenvalue weighted by molar-refractivity contribution is 0.501. The van der Waals surface area contributed by atoms with Gasteiger partial charge in [-0.25, -0.2) is 13.4 Å². The fourth-order valence-corrected chi connectivity index (χ4v) is 2.67. The minimum atomic E-state index is -2.99. The third kappa shape index (κ3) is 10.5. The van der Waals surface area contributed by atoms with E-state index in [1.807, 2.05) is 31.2 Å². The van der Waals surface area contributed by atoms with E-state index in [0.29, 0.717) is 6.54 Å². The molecular weight excluding hydrogens is 425 g/mol. The maximum atomic E-state index is 11.3. The van der Waals surface area contributed by atoms with Gasteiger partial charge in [0.25, 0.3) is 0 Å². The van der Waals surface area contributed by atoms with E-state index < -0.39 is 9.84 Å². The van der Waals surface area contributed by atoms with Gasteiger partial charge in [0.2, 0.25) is 0 Å². The third-order valence-corrected chi connectivity index (χ3v) is 3.57.